The van der Waals surface area contributed by atoms with Crippen molar-refractivity contribution < 1.29 is 9.84 Å². The zero-order valence-electron chi connectivity index (χ0n) is 9.01. The zero-order valence-corrected chi connectivity index (χ0v) is 9.83. The summed E-state index contributed by atoms with van der Waals surface area (Å²) in [6.45, 7) is 0.171. The number of hydrogen-bond donors (Lipinski definition) is 1. The second-order valence-electron chi connectivity index (χ2n) is 3.33. The van der Waals surface area contributed by atoms with E-state index in [1.807, 2.05) is 30.5 Å². The molecule has 0 aliphatic rings. The molecule has 0 fully saturated rings. The van der Waals surface area contributed by atoms with Gasteiger partial charge >= 0.3 is 0 Å². The minimum atomic E-state index is 0.171. The lowest BCUT2D eigenvalue weighted by Crippen LogP contribution is -1.84. The van der Waals surface area contributed by atoms with Gasteiger partial charge in [-0.25, -0.2) is 4.98 Å². The van der Waals surface area contributed by atoms with Crippen LogP contribution in [0.25, 0.3) is 10.6 Å². The van der Waals surface area contributed by atoms with Crippen LogP contribution in [0.1, 0.15) is 4.88 Å². The number of hydrogen-bond acceptors (Lipinski definition) is 4. The molecule has 0 saturated carbocycles. The van der Waals surface area contributed by atoms with Crippen LogP contribution in [0.2, 0.25) is 0 Å². The number of ether oxygens (including phenoxy) is 1. The molecule has 16 heavy (non-hydrogen) atoms. The Morgan fingerprint density at radius 3 is 2.69 bits per heavy atom. The average Bonchev–Trinajstić information content (AvgIpc) is 2.78. The molecule has 0 radical (unpaired) electrons. The lowest BCUT2D eigenvalue weighted by molar-refractivity contribution is 0.300. The van der Waals surface area contributed by atoms with Gasteiger partial charge in [0.05, 0.1) is 7.11 Å². The Bertz CT molecular complexity index is 450. The van der Waals surface area contributed by atoms with Gasteiger partial charge < -0.3 is 9.84 Å². The summed E-state index contributed by atoms with van der Waals surface area (Å²) in [6, 6.07) is 7.81. The molecule has 3 nitrogen and oxygen atoms in total. The summed E-state index contributed by atoms with van der Waals surface area (Å²) in [5, 5.41) is 9.81. The Morgan fingerprint density at radius 1 is 1.31 bits per heavy atom. The van der Waals surface area contributed by atoms with Gasteiger partial charge in [-0.3, -0.25) is 0 Å². The molecule has 0 bridgehead atoms. The second kappa shape index (κ2) is 5.09. The number of aliphatic hydroxyl groups excluding tert-OH is 1. The molecule has 2 rings (SSSR count). The summed E-state index contributed by atoms with van der Waals surface area (Å²) in [6.07, 6.45) is 2.49. The summed E-state index contributed by atoms with van der Waals surface area (Å²) in [5.74, 6) is 0.843. The Kier molecular flexibility index (Phi) is 3.54. The van der Waals surface area contributed by atoms with Crippen molar-refractivity contribution in [2.45, 2.75) is 6.42 Å². The highest BCUT2D eigenvalue weighted by Gasteiger charge is 2.04. The Morgan fingerprint density at radius 2 is 2.06 bits per heavy atom. The fraction of sp³-hybridized carbons (Fsp3) is 0.250. The maximum absolute atomic E-state index is 8.83. The molecule has 1 aromatic heterocycles. The van der Waals surface area contributed by atoms with Crippen molar-refractivity contribution in [1.29, 1.82) is 0 Å². The van der Waals surface area contributed by atoms with Crippen molar-refractivity contribution in [3.8, 4) is 16.3 Å². The maximum atomic E-state index is 8.83. The third-order valence-electron chi connectivity index (χ3n) is 2.25. The quantitative estimate of drug-likeness (QED) is 0.884. The number of nitrogens with zero attached hydrogens (tertiary/aromatic N) is 1. The third kappa shape index (κ3) is 2.40. The summed E-state index contributed by atoms with van der Waals surface area (Å²) in [4.78, 5) is 5.43. The van der Waals surface area contributed by atoms with E-state index in [0.717, 1.165) is 21.2 Å². The smallest absolute Gasteiger partial charge is 0.123 e. The van der Waals surface area contributed by atoms with Gasteiger partial charge in [0.25, 0.3) is 0 Å². The van der Waals surface area contributed by atoms with Gasteiger partial charge in [0.1, 0.15) is 10.8 Å². The second-order valence-corrected chi connectivity index (χ2v) is 4.45. The minimum absolute atomic E-state index is 0.171. The Labute approximate surface area is 98.4 Å². The van der Waals surface area contributed by atoms with Gasteiger partial charge in [-0.05, 0) is 24.3 Å². The average molecular weight is 235 g/mol. The zero-order chi connectivity index (χ0) is 11.4. The summed E-state index contributed by atoms with van der Waals surface area (Å²) in [7, 11) is 1.65. The predicted octanol–water partition coefficient (Wildman–Crippen LogP) is 2.35. The summed E-state index contributed by atoms with van der Waals surface area (Å²) >= 11 is 1.61. The Balaban J connectivity index is 2.21. The monoisotopic (exact) mass is 235 g/mol. The first kappa shape index (κ1) is 11.1. The Hall–Kier alpha value is -1.39. The largest absolute Gasteiger partial charge is 0.497 e. The third-order valence-corrected chi connectivity index (χ3v) is 3.35. The lowest BCUT2D eigenvalue weighted by Gasteiger charge is -1.99. The van der Waals surface area contributed by atoms with Crippen LogP contribution in [0, 0.1) is 0 Å². The maximum Gasteiger partial charge on any atom is 0.123 e. The highest BCUT2D eigenvalue weighted by atomic mass is 32.1. The molecule has 1 N–H and O–H groups in total. The van der Waals surface area contributed by atoms with Crippen LogP contribution in [-0.4, -0.2) is 23.8 Å². The van der Waals surface area contributed by atoms with E-state index in [4.69, 9.17) is 9.84 Å². The lowest BCUT2D eigenvalue weighted by atomic mass is 10.2. The van der Waals surface area contributed by atoms with E-state index in [2.05, 4.69) is 4.98 Å². The SMILES string of the molecule is COc1ccc(-c2ncc(CCO)s2)cc1. The van der Waals surface area contributed by atoms with Crippen LogP contribution in [0.5, 0.6) is 5.75 Å². The molecule has 0 spiro atoms. The number of rotatable bonds is 4. The summed E-state index contributed by atoms with van der Waals surface area (Å²) < 4.78 is 5.10. The van der Waals surface area contributed by atoms with Crippen molar-refractivity contribution in [1.82, 2.24) is 4.98 Å². The molecule has 1 heterocycles. The van der Waals surface area contributed by atoms with Gasteiger partial charge in [-0.2, -0.15) is 0 Å². The first-order chi connectivity index (χ1) is 7.83. The van der Waals surface area contributed by atoms with Gasteiger partial charge in [-0.1, -0.05) is 0 Å². The van der Waals surface area contributed by atoms with Crippen LogP contribution < -0.4 is 4.74 Å². The molecule has 0 amide bonds. The standard InChI is InChI=1S/C12H13NO2S/c1-15-10-4-2-9(3-5-10)12-13-8-11(16-12)6-7-14/h2-5,8,14H,6-7H2,1H3. The van der Waals surface area contributed by atoms with E-state index >= 15 is 0 Å². The van der Waals surface area contributed by atoms with Gasteiger partial charge in [-0.15, -0.1) is 11.3 Å². The van der Waals surface area contributed by atoms with E-state index in [1.165, 1.54) is 0 Å². The fourth-order valence-electron chi connectivity index (χ4n) is 1.40. The molecule has 84 valence electrons. The first-order valence-corrected chi connectivity index (χ1v) is 5.85. The molecule has 0 aliphatic heterocycles. The van der Waals surface area contributed by atoms with Gasteiger partial charge in [0.15, 0.2) is 0 Å². The topological polar surface area (TPSA) is 42.4 Å². The highest BCUT2D eigenvalue weighted by molar-refractivity contribution is 7.15. The van der Waals surface area contributed by atoms with Gasteiger partial charge in [0, 0.05) is 29.7 Å². The fourth-order valence-corrected chi connectivity index (χ4v) is 2.31. The van der Waals surface area contributed by atoms with Crippen molar-refractivity contribution in [3.05, 3.63) is 35.3 Å². The van der Waals surface area contributed by atoms with E-state index in [0.29, 0.717) is 6.42 Å². The molecule has 0 saturated heterocycles. The molecule has 0 unspecified atom stereocenters. The van der Waals surface area contributed by atoms with Crippen molar-refractivity contribution in [2.75, 3.05) is 13.7 Å². The molecule has 2 aromatic rings. The van der Waals surface area contributed by atoms with Crippen LogP contribution in [0.3, 0.4) is 0 Å². The van der Waals surface area contributed by atoms with Crippen LogP contribution in [0.15, 0.2) is 30.5 Å². The normalized spacial score (nSPS) is 10.4. The van der Waals surface area contributed by atoms with Crippen LogP contribution in [-0.2, 0) is 6.42 Å². The highest BCUT2D eigenvalue weighted by Crippen LogP contribution is 2.26. The number of aromatic nitrogens is 1. The first-order valence-electron chi connectivity index (χ1n) is 5.03. The summed E-state index contributed by atoms with van der Waals surface area (Å²) in [5.41, 5.74) is 1.08. The predicted molar refractivity (Wildman–Crippen MR) is 64.9 cm³/mol. The van der Waals surface area contributed by atoms with E-state index in [1.54, 1.807) is 18.4 Å². The van der Waals surface area contributed by atoms with Crippen molar-refractivity contribution >= 4 is 11.3 Å². The van der Waals surface area contributed by atoms with Gasteiger partial charge in [0.2, 0.25) is 0 Å². The van der Waals surface area contributed by atoms with E-state index in [9.17, 15) is 0 Å². The minimum Gasteiger partial charge on any atom is -0.497 e. The number of methoxy groups -OCH3 is 1. The van der Waals surface area contributed by atoms with Crippen LogP contribution >= 0.6 is 11.3 Å². The molecule has 4 heteroatoms. The number of aliphatic hydroxyl groups is 1. The molecule has 0 aliphatic carbocycles. The molecule has 0 atom stereocenters. The molecule has 1 aromatic carbocycles. The van der Waals surface area contributed by atoms with Crippen LogP contribution in [0.4, 0.5) is 0 Å². The number of benzene rings is 1. The molecular weight excluding hydrogens is 222 g/mol. The number of thiazole rings is 1. The van der Waals surface area contributed by atoms with E-state index in [-0.39, 0.29) is 6.61 Å². The van der Waals surface area contributed by atoms with E-state index < -0.39 is 0 Å². The molecular formula is C12H13NO2S. The van der Waals surface area contributed by atoms with Crippen molar-refractivity contribution in [3.63, 3.8) is 0 Å². The van der Waals surface area contributed by atoms with Crippen molar-refractivity contribution in [2.24, 2.45) is 0 Å².